The number of hydrogen-bond donors (Lipinski definition) is 0. The molecule has 0 N–H and O–H groups in total. The highest BCUT2D eigenvalue weighted by Crippen LogP contribution is 2.29. The molecule has 3 heterocycles. The third-order valence-corrected chi connectivity index (χ3v) is 5.17. The van der Waals surface area contributed by atoms with Crippen molar-refractivity contribution in [1.29, 1.82) is 0 Å². The molecule has 126 valence electrons. The van der Waals surface area contributed by atoms with Gasteiger partial charge in [0, 0.05) is 31.4 Å². The molecule has 2 aliphatic rings. The summed E-state index contributed by atoms with van der Waals surface area (Å²) in [7, 11) is 0. The first-order chi connectivity index (χ1) is 11.3. The summed E-state index contributed by atoms with van der Waals surface area (Å²) in [6.07, 6.45) is 14.9. The molecule has 4 nitrogen and oxygen atoms in total. The molecule has 2 aliphatic heterocycles. The zero-order valence-corrected chi connectivity index (χ0v) is 14.7. The highest BCUT2D eigenvalue weighted by atomic mass is 15.2. The molecule has 0 bridgehead atoms. The Morgan fingerprint density at radius 2 is 1.91 bits per heavy atom. The van der Waals surface area contributed by atoms with Gasteiger partial charge in [-0.1, -0.05) is 19.9 Å². The minimum Gasteiger partial charge on any atom is -0.372 e. The summed E-state index contributed by atoms with van der Waals surface area (Å²) in [5.74, 6) is 1.05. The molecule has 0 amide bonds. The van der Waals surface area contributed by atoms with Gasteiger partial charge in [-0.3, -0.25) is 4.98 Å². The van der Waals surface area contributed by atoms with Crippen molar-refractivity contribution in [3.05, 3.63) is 29.9 Å². The lowest BCUT2D eigenvalue weighted by molar-refractivity contribution is 0.186. The molecule has 0 aliphatic carbocycles. The van der Waals surface area contributed by atoms with Crippen LogP contribution in [0.2, 0.25) is 0 Å². The fourth-order valence-corrected chi connectivity index (χ4v) is 3.85. The normalized spacial score (nSPS) is 21.9. The van der Waals surface area contributed by atoms with Crippen molar-refractivity contribution in [2.45, 2.75) is 64.8 Å². The minimum absolute atomic E-state index is 0.715. The van der Waals surface area contributed by atoms with Crippen LogP contribution < -0.4 is 4.90 Å². The van der Waals surface area contributed by atoms with Crippen LogP contribution in [0.5, 0.6) is 0 Å². The number of anilines is 1. The number of aromatic nitrogens is 2. The van der Waals surface area contributed by atoms with E-state index in [-0.39, 0.29) is 0 Å². The van der Waals surface area contributed by atoms with Gasteiger partial charge in [-0.2, -0.15) is 0 Å². The molecule has 0 saturated carbocycles. The van der Waals surface area contributed by atoms with E-state index in [9.17, 15) is 0 Å². The van der Waals surface area contributed by atoms with Gasteiger partial charge in [0.25, 0.3) is 0 Å². The monoisotopic (exact) mass is 314 g/mol. The van der Waals surface area contributed by atoms with Gasteiger partial charge in [0.2, 0.25) is 0 Å². The molecule has 0 aromatic carbocycles. The van der Waals surface area contributed by atoms with Crippen LogP contribution in [-0.4, -0.2) is 40.5 Å². The maximum Gasteiger partial charge on any atom is 0.147 e. The van der Waals surface area contributed by atoms with Crippen LogP contribution in [0.3, 0.4) is 0 Å². The number of rotatable bonds is 4. The first-order valence-electron chi connectivity index (χ1n) is 9.33. The van der Waals surface area contributed by atoms with Gasteiger partial charge >= 0.3 is 0 Å². The van der Waals surface area contributed by atoms with Crippen LogP contribution >= 0.6 is 0 Å². The predicted octanol–water partition coefficient (Wildman–Crippen LogP) is 3.79. The van der Waals surface area contributed by atoms with Crippen LogP contribution in [0.4, 0.5) is 5.82 Å². The smallest absolute Gasteiger partial charge is 0.147 e. The van der Waals surface area contributed by atoms with E-state index in [0.29, 0.717) is 6.04 Å². The molecule has 23 heavy (non-hydrogen) atoms. The van der Waals surface area contributed by atoms with Crippen molar-refractivity contribution in [3.8, 4) is 0 Å². The average molecular weight is 314 g/mol. The van der Waals surface area contributed by atoms with Gasteiger partial charge in [-0.25, -0.2) is 4.98 Å². The Kier molecular flexibility index (Phi) is 5.52. The molecule has 4 heteroatoms. The van der Waals surface area contributed by atoms with Crippen molar-refractivity contribution in [3.63, 3.8) is 0 Å². The SMILES string of the molecule is CC/C=C1\CCCCN1C1CCN(c2cnc(CC)cn2)CC1. The molecular formula is C19H30N4. The molecule has 3 rings (SSSR count). The number of aryl methyl sites for hydroxylation is 1. The quantitative estimate of drug-likeness (QED) is 0.846. The van der Waals surface area contributed by atoms with Crippen LogP contribution in [0, 0.1) is 0 Å². The Hall–Kier alpha value is -1.58. The first-order valence-corrected chi connectivity index (χ1v) is 9.33. The molecule has 2 saturated heterocycles. The van der Waals surface area contributed by atoms with E-state index >= 15 is 0 Å². The molecule has 1 aromatic heterocycles. The highest BCUT2D eigenvalue weighted by molar-refractivity contribution is 5.36. The second kappa shape index (κ2) is 7.80. The minimum atomic E-state index is 0.715. The second-order valence-electron chi connectivity index (χ2n) is 6.69. The Bertz CT molecular complexity index is 515. The number of hydrogen-bond acceptors (Lipinski definition) is 4. The predicted molar refractivity (Wildman–Crippen MR) is 95.6 cm³/mol. The van der Waals surface area contributed by atoms with Gasteiger partial charge < -0.3 is 9.80 Å². The Morgan fingerprint density at radius 1 is 1.09 bits per heavy atom. The Balaban J connectivity index is 1.59. The zero-order chi connectivity index (χ0) is 16.1. The van der Waals surface area contributed by atoms with E-state index < -0.39 is 0 Å². The Morgan fingerprint density at radius 3 is 2.57 bits per heavy atom. The summed E-state index contributed by atoms with van der Waals surface area (Å²) in [6.45, 7) is 7.82. The van der Waals surface area contributed by atoms with Gasteiger partial charge in [0.1, 0.15) is 5.82 Å². The summed E-state index contributed by atoms with van der Waals surface area (Å²) in [5.41, 5.74) is 2.68. The largest absolute Gasteiger partial charge is 0.372 e. The van der Waals surface area contributed by atoms with Crippen LogP contribution in [0.25, 0.3) is 0 Å². The average Bonchev–Trinajstić information content (AvgIpc) is 2.63. The summed E-state index contributed by atoms with van der Waals surface area (Å²) in [4.78, 5) is 14.2. The molecule has 0 atom stereocenters. The number of likely N-dealkylation sites (tertiary alicyclic amines) is 1. The van der Waals surface area contributed by atoms with Gasteiger partial charge in [0.05, 0.1) is 18.1 Å². The van der Waals surface area contributed by atoms with Crippen molar-refractivity contribution in [2.75, 3.05) is 24.5 Å². The fourth-order valence-electron chi connectivity index (χ4n) is 3.85. The lowest BCUT2D eigenvalue weighted by Gasteiger charge is -2.43. The number of nitrogens with zero attached hydrogens (tertiary/aromatic N) is 4. The van der Waals surface area contributed by atoms with Gasteiger partial charge in [-0.15, -0.1) is 0 Å². The second-order valence-corrected chi connectivity index (χ2v) is 6.69. The van der Waals surface area contributed by atoms with Crippen molar-refractivity contribution in [1.82, 2.24) is 14.9 Å². The Labute approximate surface area is 140 Å². The third kappa shape index (κ3) is 3.85. The first kappa shape index (κ1) is 16.3. The summed E-state index contributed by atoms with van der Waals surface area (Å²) >= 11 is 0. The van der Waals surface area contributed by atoms with Crippen molar-refractivity contribution >= 4 is 5.82 Å². The van der Waals surface area contributed by atoms with E-state index in [1.165, 1.54) is 38.6 Å². The van der Waals surface area contributed by atoms with Crippen molar-refractivity contribution in [2.24, 2.45) is 0 Å². The van der Waals surface area contributed by atoms with Gasteiger partial charge in [-0.05, 0) is 44.9 Å². The lowest BCUT2D eigenvalue weighted by Crippen LogP contribution is -2.46. The zero-order valence-electron chi connectivity index (χ0n) is 14.7. The molecule has 0 radical (unpaired) electrons. The summed E-state index contributed by atoms with van der Waals surface area (Å²) in [6, 6.07) is 0.715. The molecule has 2 fully saturated rings. The summed E-state index contributed by atoms with van der Waals surface area (Å²) in [5, 5.41) is 0. The third-order valence-electron chi connectivity index (χ3n) is 5.17. The maximum absolute atomic E-state index is 4.59. The fraction of sp³-hybridized carbons (Fsp3) is 0.684. The van der Waals surface area contributed by atoms with E-state index in [4.69, 9.17) is 0 Å². The number of allylic oxidation sites excluding steroid dienone is 2. The van der Waals surface area contributed by atoms with E-state index in [1.54, 1.807) is 5.70 Å². The van der Waals surface area contributed by atoms with E-state index in [0.717, 1.165) is 37.4 Å². The van der Waals surface area contributed by atoms with Gasteiger partial charge in [0.15, 0.2) is 0 Å². The van der Waals surface area contributed by atoms with E-state index in [1.807, 2.05) is 12.4 Å². The van der Waals surface area contributed by atoms with Crippen molar-refractivity contribution < 1.29 is 0 Å². The topological polar surface area (TPSA) is 32.3 Å². The van der Waals surface area contributed by atoms with E-state index in [2.05, 4.69) is 39.7 Å². The molecule has 0 unspecified atom stereocenters. The van der Waals surface area contributed by atoms with Crippen LogP contribution in [-0.2, 0) is 6.42 Å². The lowest BCUT2D eigenvalue weighted by atomic mass is 9.97. The molecule has 0 spiro atoms. The highest BCUT2D eigenvalue weighted by Gasteiger charge is 2.27. The van der Waals surface area contributed by atoms with Crippen LogP contribution in [0.1, 0.15) is 58.1 Å². The molecule has 1 aromatic rings. The van der Waals surface area contributed by atoms with Crippen LogP contribution in [0.15, 0.2) is 24.2 Å². The standard InChI is InChI=1S/C19H30N4/c1-3-7-17-8-5-6-11-23(17)18-9-12-22(13-10-18)19-15-20-16(4-2)14-21-19/h7,14-15,18H,3-6,8-13H2,1-2H3/b17-7+. The summed E-state index contributed by atoms with van der Waals surface area (Å²) < 4.78 is 0. The molecular weight excluding hydrogens is 284 g/mol. The maximum atomic E-state index is 4.59. The number of piperidine rings is 2.